The van der Waals surface area contributed by atoms with Crippen LogP contribution in [0.3, 0.4) is 0 Å². The number of nitrogens with zero attached hydrogens (tertiary/aromatic N) is 1. The molecular weight excluding hydrogens is 321 g/mol. The van der Waals surface area contributed by atoms with E-state index >= 15 is 0 Å². The Bertz CT molecular complexity index is 664. The van der Waals surface area contributed by atoms with Gasteiger partial charge < -0.3 is 15.7 Å². The van der Waals surface area contributed by atoms with Gasteiger partial charge in [0.05, 0.1) is 18.1 Å². The normalized spacial score (nSPS) is 21.9. The first-order valence-electron chi connectivity index (χ1n) is 7.59. The van der Waals surface area contributed by atoms with E-state index in [-0.39, 0.29) is 29.7 Å². The summed E-state index contributed by atoms with van der Waals surface area (Å²) in [5.41, 5.74) is 0.190. The molecule has 2 unspecified atom stereocenters. The number of nitrogens with one attached hydrogen (secondary N) is 2. The number of sulfone groups is 1. The molecule has 0 amide bonds. The highest BCUT2D eigenvalue weighted by Crippen LogP contribution is 2.17. The molecule has 0 aliphatic carbocycles. The average molecular weight is 343 g/mol. The van der Waals surface area contributed by atoms with E-state index in [2.05, 4.69) is 15.6 Å². The molecule has 1 aromatic carbocycles. The van der Waals surface area contributed by atoms with E-state index in [1.807, 2.05) is 6.92 Å². The van der Waals surface area contributed by atoms with Crippen LogP contribution in [0, 0.1) is 5.82 Å². The molecule has 128 valence electrons. The number of rotatable bonds is 5. The minimum Gasteiger partial charge on any atom is -0.386 e. The van der Waals surface area contributed by atoms with Crippen LogP contribution in [0.15, 0.2) is 29.3 Å². The summed E-state index contributed by atoms with van der Waals surface area (Å²) < 4.78 is 36.6. The summed E-state index contributed by atoms with van der Waals surface area (Å²) in [6.45, 7) is 2.46. The van der Waals surface area contributed by atoms with E-state index in [1.54, 1.807) is 12.1 Å². The van der Waals surface area contributed by atoms with Gasteiger partial charge in [-0.2, -0.15) is 0 Å². The first kappa shape index (κ1) is 17.7. The molecule has 0 bridgehead atoms. The fraction of sp³-hybridized carbons (Fsp3) is 0.533. The van der Waals surface area contributed by atoms with Gasteiger partial charge in [-0.05, 0) is 19.4 Å². The Morgan fingerprint density at radius 3 is 2.83 bits per heavy atom. The Morgan fingerprint density at radius 2 is 2.22 bits per heavy atom. The molecule has 3 N–H and O–H groups in total. The van der Waals surface area contributed by atoms with Gasteiger partial charge in [0, 0.05) is 18.2 Å². The fourth-order valence-electron chi connectivity index (χ4n) is 2.44. The maximum atomic E-state index is 13.6. The van der Waals surface area contributed by atoms with Crippen molar-refractivity contribution in [2.45, 2.75) is 25.5 Å². The van der Waals surface area contributed by atoms with Crippen molar-refractivity contribution in [3.8, 4) is 0 Å². The molecule has 1 heterocycles. The van der Waals surface area contributed by atoms with Crippen molar-refractivity contribution in [1.29, 1.82) is 0 Å². The van der Waals surface area contributed by atoms with Crippen LogP contribution in [0.4, 0.5) is 4.39 Å². The number of aliphatic hydroxyl groups is 1. The number of guanidine groups is 1. The van der Waals surface area contributed by atoms with E-state index in [1.165, 1.54) is 12.1 Å². The average Bonchev–Trinajstić information content (AvgIpc) is 2.84. The van der Waals surface area contributed by atoms with Gasteiger partial charge in [-0.1, -0.05) is 18.2 Å². The molecule has 1 aromatic rings. The zero-order valence-corrected chi connectivity index (χ0v) is 13.8. The summed E-state index contributed by atoms with van der Waals surface area (Å²) in [5.74, 6) is 0.190. The highest BCUT2D eigenvalue weighted by Gasteiger charge is 2.28. The van der Waals surface area contributed by atoms with Gasteiger partial charge >= 0.3 is 0 Å². The maximum absolute atomic E-state index is 13.6. The van der Waals surface area contributed by atoms with Crippen LogP contribution >= 0.6 is 0 Å². The van der Waals surface area contributed by atoms with Crippen LogP contribution in [0.1, 0.15) is 25.0 Å². The van der Waals surface area contributed by atoms with Crippen LogP contribution in [-0.2, 0) is 9.84 Å². The van der Waals surface area contributed by atoms with Crippen molar-refractivity contribution in [2.75, 3.05) is 24.6 Å². The zero-order valence-electron chi connectivity index (χ0n) is 13.0. The molecular formula is C15H22FN3O3S. The minimum atomic E-state index is -2.98. The number of benzene rings is 1. The lowest BCUT2D eigenvalue weighted by Gasteiger charge is -2.17. The summed E-state index contributed by atoms with van der Waals surface area (Å²) in [6.07, 6.45) is -0.526. The number of hydrogen-bond donors (Lipinski definition) is 3. The molecule has 6 nitrogen and oxygen atoms in total. The molecule has 0 radical (unpaired) electrons. The third kappa shape index (κ3) is 5.18. The van der Waals surface area contributed by atoms with Crippen LogP contribution in [0.2, 0.25) is 0 Å². The van der Waals surface area contributed by atoms with Crippen molar-refractivity contribution in [3.63, 3.8) is 0 Å². The SMILES string of the molecule is CCNC(=NCC(O)c1ccccc1F)NC1CCS(=O)(=O)C1. The second-order valence-electron chi connectivity index (χ2n) is 5.50. The number of halogens is 1. The Kier molecular flexibility index (Phi) is 5.95. The van der Waals surface area contributed by atoms with E-state index in [0.717, 1.165) is 0 Å². The lowest BCUT2D eigenvalue weighted by atomic mass is 10.1. The van der Waals surface area contributed by atoms with Crippen molar-refractivity contribution >= 4 is 15.8 Å². The van der Waals surface area contributed by atoms with Crippen molar-refractivity contribution in [3.05, 3.63) is 35.6 Å². The van der Waals surface area contributed by atoms with Gasteiger partial charge in [-0.25, -0.2) is 12.8 Å². The molecule has 8 heteroatoms. The zero-order chi connectivity index (χ0) is 16.9. The summed E-state index contributed by atoms with van der Waals surface area (Å²) >= 11 is 0. The topological polar surface area (TPSA) is 90.8 Å². The van der Waals surface area contributed by atoms with E-state index in [4.69, 9.17) is 0 Å². The first-order valence-corrected chi connectivity index (χ1v) is 9.41. The molecule has 0 aromatic heterocycles. The van der Waals surface area contributed by atoms with Crippen LogP contribution in [0.25, 0.3) is 0 Å². The summed E-state index contributed by atoms with van der Waals surface area (Å²) in [5, 5.41) is 16.1. The van der Waals surface area contributed by atoms with Crippen LogP contribution in [0.5, 0.6) is 0 Å². The lowest BCUT2D eigenvalue weighted by Crippen LogP contribution is -2.44. The highest BCUT2D eigenvalue weighted by atomic mass is 32.2. The van der Waals surface area contributed by atoms with E-state index in [9.17, 15) is 17.9 Å². The molecule has 0 saturated carbocycles. The second-order valence-corrected chi connectivity index (χ2v) is 7.73. The van der Waals surface area contributed by atoms with Gasteiger partial charge in [-0.3, -0.25) is 4.99 Å². The lowest BCUT2D eigenvalue weighted by molar-refractivity contribution is 0.182. The summed E-state index contributed by atoms with van der Waals surface area (Å²) in [7, 11) is -2.98. The van der Waals surface area contributed by atoms with E-state index < -0.39 is 21.8 Å². The van der Waals surface area contributed by atoms with Gasteiger partial charge in [0.15, 0.2) is 15.8 Å². The van der Waals surface area contributed by atoms with E-state index in [0.29, 0.717) is 18.9 Å². The standard InChI is InChI=1S/C15H22FN3O3S/c1-2-17-15(19-11-7-8-23(21,22)10-11)18-9-14(20)12-5-3-4-6-13(12)16/h3-6,11,14,20H,2,7-10H2,1H3,(H2,17,18,19). The Hall–Kier alpha value is -1.67. The third-order valence-electron chi connectivity index (χ3n) is 3.60. The first-order chi connectivity index (χ1) is 10.9. The molecule has 1 aliphatic rings. The molecule has 2 atom stereocenters. The molecule has 1 saturated heterocycles. The predicted octanol–water partition coefficient (Wildman–Crippen LogP) is 0.601. The van der Waals surface area contributed by atoms with Gasteiger partial charge in [0.1, 0.15) is 11.9 Å². The number of hydrogen-bond acceptors (Lipinski definition) is 4. The smallest absolute Gasteiger partial charge is 0.191 e. The predicted molar refractivity (Wildman–Crippen MR) is 87.5 cm³/mol. The molecule has 1 fully saturated rings. The highest BCUT2D eigenvalue weighted by molar-refractivity contribution is 7.91. The van der Waals surface area contributed by atoms with Gasteiger partial charge in [0.2, 0.25) is 0 Å². The van der Waals surface area contributed by atoms with Gasteiger partial charge in [0.25, 0.3) is 0 Å². The molecule has 0 spiro atoms. The minimum absolute atomic E-state index is 0.0181. The molecule has 1 aliphatic heterocycles. The third-order valence-corrected chi connectivity index (χ3v) is 5.37. The van der Waals surface area contributed by atoms with Crippen LogP contribution < -0.4 is 10.6 Å². The maximum Gasteiger partial charge on any atom is 0.191 e. The number of aliphatic hydroxyl groups excluding tert-OH is 1. The monoisotopic (exact) mass is 343 g/mol. The largest absolute Gasteiger partial charge is 0.386 e. The van der Waals surface area contributed by atoms with Crippen molar-refractivity contribution in [1.82, 2.24) is 10.6 Å². The Labute approximate surface area is 135 Å². The molecule has 23 heavy (non-hydrogen) atoms. The molecule has 2 rings (SSSR count). The number of aliphatic imine (C=N–C) groups is 1. The van der Waals surface area contributed by atoms with Crippen molar-refractivity contribution < 1.29 is 17.9 Å². The summed E-state index contributed by atoms with van der Waals surface area (Å²) in [6, 6.07) is 5.82. The summed E-state index contributed by atoms with van der Waals surface area (Å²) in [4.78, 5) is 4.23. The fourth-order valence-corrected chi connectivity index (χ4v) is 4.12. The quantitative estimate of drug-likeness (QED) is 0.538. The Balaban J connectivity index is 2.00. The van der Waals surface area contributed by atoms with Crippen molar-refractivity contribution in [2.24, 2.45) is 4.99 Å². The Morgan fingerprint density at radius 1 is 1.48 bits per heavy atom. The van der Waals surface area contributed by atoms with Gasteiger partial charge in [-0.15, -0.1) is 0 Å². The van der Waals surface area contributed by atoms with Crippen LogP contribution in [-0.4, -0.2) is 50.1 Å². The second kappa shape index (κ2) is 7.74.